The van der Waals surface area contributed by atoms with Gasteiger partial charge in [0.05, 0.1) is 37.2 Å². The standard InChI is InChI=1S/C41H46N4O6/c1-4-42(5-2)29-15-17-30(18-16-29)44-25-11-23-41-36(39(48)45(37(41)40(44)49)32(27-46)26-28-12-8-7-9-13-28)35-34(51-41)14-10-24-43(38(35)47)31-19-21-33(22-20-31)50-6-3/h7-23,32,34-37,46H,4-6,24-27H2,1-3H3/t32-,34-,35+,36+,37?,41+/m1/s1. The molecule has 0 aliphatic carbocycles. The smallest absolute Gasteiger partial charge is 0.253 e. The summed E-state index contributed by atoms with van der Waals surface area (Å²) in [6, 6.07) is 23.0. The van der Waals surface area contributed by atoms with Crippen LogP contribution in [0.4, 0.5) is 17.1 Å². The van der Waals surface area contributed by atoms with Crippen molar-refractivity contribution in [1.29, 1.82) is 0 Å². The van der Waals surface area contributed by atoms with Crippen LogP contribution in [0.3, 0.4) is 0 Å². The van der Waals surface area contributed by atoms with Gasteiger partial charge in [-0.25, -0.2) is 0 Å². The van der Waals surface area contributed by atoms with Crippen LogP contribution < -0.4 is 19.4 Å². The second kappa shape index (κ2) is 14.4. The van der Waals surface area contributed by atoms with Gasteiger partial charge in [0.1, 0.15) is 17.4 Å². The lowest BCUT2D eigenvalue weighted by molar-refractivity contribution is -0.144. The number of ether oxygens (including phenoxy) is 2. The maximum absolute atomic E-state index is 15.0. The first kappa shape index (κ1) is 34.5. The van der Waals surface area contributed by atoms with E-state index in [-0.39, 0.29) is 30.9 Å². The van der Waals surface area contributed by atoms with Crippen molar-refractivity contribution < 1.29 is 29.0 Å². The molecule has 7 rings (SSSR count). The summed E-state index contributed by atoms with van der Waals surface area (Å²) in [5, 5.41) is 10.9. The molecule has 51 heavy (non-hydrogen) atoms. The van der Waals surface area contributed by atoms with E-state index in [1.54, 1.807) is 9.80 Å². The average Bonchev–Trinajstić information content (AvgIpc) is 3.47. The molecule has 0 aromatic heterocycles. The molecular formula is C41H46N4O6. The van der Waals surface area contributed by atoms with Crippen molar-refractivity contribution in [2.75, 3.05) is 54.1 Å². The van der Waals surface area contributed by atoms with Gasteiger partial charge in [-0.05, 0) is 81.3 Å². The van der Waals surface area contributed by atoms with E-state index in [9.17, 15) is 9.90 Å². The fourth-order valence-electron chi connectivity index (χ4n) is 8.39. The summed E-state index contributed by atoms with van der Waals surface area (Å²) in [6.45, 7) is 8.58. The molecule has 3 aromatic rings. The number of likely N-dealkylation sites (tertiary alicyclic amines) is 1. The summed E-state index contributed by atoms with van der Waals surface area (Å²) in [6.07, 6.45) is 7.09. The predicted octanol–water partition coefficient (Wildman–Crippen LogP) is 4.62. The van der Waals surface area contributed by atoms with Gasteiger partial charge >= 0.3 is 0 Å². The number of rotatable bonds is 11. The normalized spacial score (nSPS) is 26.0. The number of amides is 3. The molecule has 10 heteroatoms. The number of hydrogen-bond donors (Lipinski definition) is 1. The number of fused-ring (bicyclic) bond motifs is 2. The van der Waals surface area contributed by atoms with Crippen molar-refractivity contribution >= 4 is 34.8 Å². The summed E-state index contributed by atoms with van der Waals surface area (Å²) < 4.78 is 12.5. The van der Waals surface area contributed by atoms with Crippen LogP contribution in [-0.2, 0) is 25.5 Å². The SMILES string of the molecule is CCOc1ccc(N2CC=C[C@H]3O[C@]45C=CCN(c6ccc(N(CC)CC)cc6)C(=O)C4N([C@@H](CO)Cc4ccccc4)C(=O)[C@@H]5[C@H]3C2=O)cc1. The highest BCUT2D eigenvalue weighted by Crippen LogP contribution is 2.54. The summed E-state index contributed by atoms with van der Waals surface area (Å²) in [4.78, 5) is 51.8. The van der Waals surface area contributed by atoms with Gasteiger partial charge in [-0.1, -0.05) is 54.6 Å². The minimum Gasteiger partial charge on any atom is -0.494 e. The van der Waals surface area contributed by atoms with Crippen LogP contribution in [-0.4, -0.2) is 90.9 Å². The number of carbonyl (C=O) groups excluding carboxylic acids is 3. The molecule has 1 N–H and O–H groups in total. The van der Waals surface area contributed by atoms with E-state index in [4.69, 9.17) is 9.47 Å². The molecule has 266 valence electrons. The van der Waals surface area contributed by atoms with Gasteiger partial charge in [0.15, 0.2) is 0 Å². The molecule has 6 atom stereocenters. The Hall–Kier alpha value is -4.93. The van der Waals surface area contributed by atoms with Gasteiger partial charge in [-0.2, -0.15) is 0 Å². The molecule has 4 heterocycles. The third kappa shape index (κ3) is 6.00. The lowest BCUT2D eigenvalue weighted by Crippen LogP contribution is -2.58. The van der Waals surface area contributed by atoms with Crippen LogP contribution in [0.2, 0.25) is 0 Å². The van der Waals surface area contributed by atoms with Crippen LogP contribution in [0.25, 0.3) is 0 Å². The summed E-state index contributed by atoms with van der Waals surface area (Å²) in [5.74, 6) is -2.09. The van der Waals surface area contributed by atoms with E-state index in [0.717, 1.165) is 24.3 Å². The molecule has 0 bridgehead atoms. The van der Waals surface area contributed by atoms with Gasteiger partial charge in [0.2, 0.25) is 11.8 Å². The molecule has 2 saturated heterocycles. The van der Waals surface area contributed by atoms with Gasteiger partial charge < -0.3 is 34.2 Å². The van der Waals surface area contributed by atoms with Crippen LogP contribution in [0, 0.1) is 11.8 Å². The number of anilines is 3. The van der Waals surface area contributed by atoms with Crippen molar-refractivity contribution in [3.8, 4) is 5.75 Å². The molecule has 0 radical (unpaired) electrons. The second-order valence-corrected chi connectivity index (χ2v) is 13.5. The Balaban J connectivity index is 1.29. The Morgan fingerprint density at radius 3 is 2.14 bits per heavy atom. The first-order valence-electron chi connectivity index (χ1n) is 18.0. The Bertz CT molecular complexity index is 1790. The zero-order chi connectivity index (χ0) is 35.7. The monoisotopic (exact) mass is 690 g/mol. The van der Waals surface area contributed by atoms with Crippen molar-refractivity contribution in [2.24, 2.45) is 11.8 Å². The van der Waals surface area contributed by atoms with Crippen molar-refractivity contribution in [3.63, 3.8) is 0 Å². The zero-order valence-electron chi connectivity index (χ0n) is 29.4. The van der Waals surface area contributed by atoms with E-state index in [0.29, 0.717) is 36.7 Å². The Morgan fingerprint density at radius 2 is 1.49 bits per heavy atom. The summed E-state index contributed by atoms with van der Waals surface area (Å²) >= 11 is 0. The van der Waals surface area contributed by atoms with Crippen molar-refractivity contribution in [2.45, 2.75) is 51.0 Å². The molecule has 3 aromatic carbocycles. The van der Waals surface area contributed by atoms with Crippen LogP contribution in [0.5, 0.6) is 5.75 Å². The number of carbonyl (C=O) groups is 3. The number of hydrogen-bond acceptors (Lipinski definition) is 7. The Kier molecular flexibility index (Phi) is 9.72. The number of benzene rings is 3. The fraction of sp³-hybridized carbons (Fsp3) is 0.390. The fourth-order valence-corrected chi connectivity index (χ4v) is 8.39. The highest BCUT2D eigenvalue weighted by molar-refractivity contribution is 6.07. The van der Waals surface area contributed by atoms with Crippen molar-refractivity contribution in [3.05, 3.63) is 109 Å². The minimum atomic E-state index is -1.43. The molecule has 1 spiro atoms. The summed E-state index contributed by atoms with van der Waals surface area (Å²) in [7, 11) is 0. The zero-order valence-corrected chi connectivity index (χ0v) is 29.4. The van der Waals surface area contributed by atoms with E-state index in [1.807, 2.05) is 110 Å². The number of aliphatic hydroxyl groups is 1. The predicted molar refractivity (Wildman–Crippen MR) is 197 cm³/mol. The van der Waals surface area contributed by atoms with Gasteiger partial charge in [0.25, 0.3) is 5.91 Å². The van der Waals surface area contributed by atoms with E-state index >= 15 is 9.59 Å². The lowest BCUT2D eigenvalue weighted by atomic mass is 9.77. The number of nitrogens with zero attached hydrogens (tertiary/aromatic N) is 4. The van der Waals surface area contributed by atoms with Gasteiger partial charge in [-0.15, -0.1) is 0 Å². The van der Waals surface area contributed by atoms with Crippen molar-refractivity contribution in [1.82, 2.24) is 4.90 Å². The maximum Gasteiger partial charge on any atom is 0.253 e. The molecule has 3 amide bonds. The highest BCUT2D eigenvalue weighted by Gasteiger charge is 2.72. The van der Waals surface area contributed by atoms with E-state index in [1.165, 1.54) is 4.90 Å². The van der Waals surface area contributed by atoms with E-state index in [2.05, 4.69) is 18.7 Å². The summed E-state index contributed by atoms with van der Waals surface area (Å²) in [5.41, 5.74) is 1.93. The molecule has 4 aliphatic heterocycles. The molecule has 0 saturated carbocycles. The maximum atomic E-state index is 15.0. The van der Waals surface area contributed by atoms with Gasteiger partial charge in [-0.3, -0.25) is 14.4 Å². The second-order valence-electron chi connectivity index (χ2n) is 13.5. The molecular weight excluding hydrogens is 644 g/mol. The highest BCUT2D eigenvalue weighted by atomic mass is 16.5. The third-order valence-electron chi connectivity index (χ3n) is 10.8. The molecule has 10 nitrogen and oxygen atoms in total. The Labute approximate surface area is 299 Å². The van der Waals surface area contributed by atoms with E-state index < -0.39 is 35.6 Å². The Morgan fingerprint density at radius 1 is 0.843 bits per heavy atom. The first-order valence-corrected chi connectivity index (χ1v) is 18.0. The van der Waals surface area contributed by atoms with Crippen LogP contribution in [0.1, 0.15) is 26.3 Å². The molecule has 1 unspecified atom stereocenters. The largest absolute Gasteiger partial charge is 0.494 e. The number of aliphatic hydroxyl groups excluding tert-OH is 1. The third-order valence-corrected chi connectivity index (χ3v) is 10.8. The molecule has 4 aliphatic rings. The van der Waals surface area contributed by atoms with Gasteiger partial charge in [0, 0.05) is 43.2 Å². The van der Waals surface area contributed by atoms with Crippen LogP contribution >= 0.6 is 0 Å². The average molecular weight is 691 g/mol. The topological polar surface area (TPSA) is 103 Å². The first-order chi connectivity index (χ1) is 24.8. The lowest BCUT2D eigenvalue weighted by Gasteiger charge is -2.38. The van der Waals surface area contributed by atoms with Crippen LogP contribution in [0.15, 0.2) is 103 Å². The quantitative estimate of drug-likeness (QED) is 0.293. The minimum absolute atomic E-state index is 0.248. The molecule has 2 fully saturated rings.